The van der Waals surface area contributed by atoms with Crippen LogP contribution in [0.15, 0.2) is 47.5 Å². The van der Waals surface area contributed by atoms with Gasteiger partial charge >= 0.3 is 0 Å². The summed E-state index contributed by atoms with van der Waals surface area (Å²) in [6.45, 7) is 2.58. The first-order valence-electron chi connectivity index (χ1n) is 10.3. The average Bonchev–Trinajstić information content (AvgIpc) is 3.40. The molecular weight excluding hydrogens is 444 g/mol. The summed E-state index contributed by atoms with van der Waals surface area (Å²) in [7, 11) is 1.54. The number of thioether (sulfide) groups is 1. The van der Waals surface area contributed by atoms with Crippen molar-refractivity contribution in [2.75, 3.05) is 26.8 Å². The summed E-state index contributed by atoms with van der Waals surface area (Å²) >= 11 is 0.863. The molecule has 0 saturated carbocycles. The predicted octanol–water partition coefficient (Wildman–Crippen LogP) is 3.44. The highest BCUT2D eigenvalue weighted by atomic mass is 32.2. The van der Waals surface area contributed by atoms with Crippen molar-refractivity contribution in [1.82, 2.24) is 20.4 Å². The lowest BCUT2D eigenvalue weighted by Gasteiger charge is -2.13. The van der Waals surface area contributed by atoms with Crippen LogP contribution in [0, 0.1) is 0 Å². The number of para-hydroxylation sites is 1. The molecule has 10 heteroatoms. The number of rotatable bonds is 8. The molecule has 4 rings (SSSR count). The van der Waals surface area contributed by atoms with Crippen molar-refractivity contribution >= 4 is 45.8 Å². The van der Waals surface area contributed by atoms with Gasteiger partial charge in [-0.15, -0.1) is 0 Å². The molecule has 0 aliphatic carbocycles. The van der Waals surface area contributed by atoms with Crippen LogP contribution in [0.5, 0.6) is 11.5 Å². The van der Waals surface area contributed by atoms with Crippen LogP contribution in [0.2, 0.25) is 0 Å². The number of aromatic nitrogens is 2. The lowest BCUT2D eigenvalue weighted by molar-refractivity contribution is -0.122. The first-order valence-corrected chi connectivity index (χ1v) is 11.1. The topological polar surface area (TPSA) is 114 Å². The highest BCUT2D eigenvalue weighted by Gasteiger charge is 2.34. The van der Waals surface area contributed by atoms with Crippen molar-refractivity contribution < 1.29 is 23.9 Å². The Morgan fingerprint density at radius 2 is 2.09 bits per heavy atom. The number of nitrogens with one attached hydrogen (secondary N) is 2. The number of carbonyl (C=O) groups is 3. The number of carbonyl (C=O) groups excluding carboxylic acids is 3. The van der Waals surface area contributed by atoms with Crippen molar-refractivity contribution in [2.24, 2.45) is 0 Å². The molecule has 9 nitrogen and oxygen atoms in total. The fraction of sp³-hybridized carbons (Fsp3) is 0.217. The number of hydrogen-bond acceptors (Lipinski definition) is 7. The number of hydrogen-bond donors (Lipinski definition) is 2. The maximum atomic E-state index is 12.8. The van der Waals surface area contributed by atoms with E-state index in [1.807, 2.05) is 13.0 Å². The second-order valence-electron chi connectivity index (χ2n) is 7.07. The first kappa shape index (κ1) is 22.4. The Labute approximate surface area is 194 Å². The minimum atomic E-state index is -0.400. The third kappa shape index (κ3) is 4.70. The van der Waals surface area contributed by atoms with E-state index >= 15 is 0 Å². The van der Waals surface area contributed by atoms with Crippen LogP contribution in [0.25, 0.3) is 17.0 Å². The van der Waals surface area contributed by atoms with Crippen LogP contribution in [0.4, 0.5) is 4.79 Å². The van der Waals surface area contributed by atoms with E-state index in [1.165, 1.54) is 7.11 Å². The van der Waals surface area contributed by atoms with Gasteiger partial charge in [-0.25, -0.2) is 0 Å². The third-order valence-electron chi connectivity index (χ3n) is 5.00. The molecule has 1 fully saturated rings. The number of ether oxygens (including phenoxy) is 2. The van der Waals surface area contributed by atoms with Gasteiger partial charge in [-0.05, 0) is 48.5 Å². The van der Waals surface area contributed by atoms with E-state index < -0.39 is 5.91 Å². The van der Waals surface area contributed by atoms with Crippen LogP contribution in [-0.2, 0) is 4.79 Å². The molecule has 2 aromatic carbocycles. The van der Waals surface area contributed by atoms with E-state index in [0.29, 0.717) is 39.7 Å². The fourth-order valence-corrected chi connectivity index (χ4v) is 4.29. The molecule has 1 aromatic heterocycles. The number of H-pyrrole nitrogens is 1. The second kappa shape index (κ2) is 9.78. The minimum absolute atomic E-state index is 0.0687. The SMILES string of the molecule is CCOc1ccc(/C=C2\SC(=O)N(CCNC(=O)c3cccc4cn[nH]c34)C2=O)cc1OC. The van der Waals surface area contributed by atoms with Crippen molar-refractivity contribution in [3.05, 3.63) is 58.6 Å². The van der Waals surface area contributed by atoms with E-state index in [2.05, 4.69) is 15.5 Å². The van der Waals surface area contributed by atoms with Gasteiger partial charge in [0, 0.05) is 18.5 Å². The summed E-state index contributed by atoms with van der Waals surface area (Å²) in [5, 5.41) is 9.95. The molecule has 170 valence electrons. The Balaban J connectivity index is 1.40. The number of imide groups is 1. The quantitative estimate of drug-likeness (QED) is 0.489. The molecule has 0 radical (unpaired) electrons. The van der Waals surface area contributed by atoms with Crippen molar-refractivity contribution in [1.29, 1.82) is 0 Å². The Kier molecular flexibility index (Phi) is 6.64. The molecular formula is C23H22N4O5S. The Bertz CT molecular complexity index is 1250. The summed E-state index contributed by atoms with van der Waals surface area (Å²) < 4.78 is 10.8. The normalized spacial score (nSPS) is 14.8. The van der Waals surface area contributed by atoms with Gasteiger partial charge < -0.3 is 14.8 Å². The molecule has 33 heavy (non-hydrogen) atoms. The summed E-state index contributed by atoms with van der Waals surface area (Å²) in [4.78, 5) is 39.1. The van der Waals surface area contributed by atoms with Gasteiger partial charge in [-0.3, -0.25) is 24.4 Å². The van der Waals surface area contributed by atoms with E-state index in [-0.39, 0.29) is 24.2 Å². The zero-order valence-electron chi connectivity index (χ0n) is 18.1. The van der Waals surface area contributed by atoms with Crippen LogP contribution >= 0.6 is 11.8 Å². The molecule has 0 unspecified atom stereocenters. The first-order chi connectivity index (χ1) is 16.0. The van der Waals surface area contributed by atoms with Gasteiger partial charge in [-0.1, -0.05) is 18.2 Å². The Hall–Kier alpha value is -3.79. The van der Waals surface area contributed by atoms with Gasteiger partial charge in [0.25, 0.3) is 17.1 Å². The molecule has 0 spiro atoms. The lowest BCUT2D eigenvalue weighted by Crippen LogP contribution is -2.37. The van der Waals surface area contributed by atoms with Crippen LogP contribution < -0.4 is 14.8 Å². The number of aromatic amines is 1. The molecule has 2 heterocycles. The van der Waals surface area contributed by atoms with E-state index in [4.69, 9.17) is 9.47 Å². The number of amides is 3. The van der Waals surface area contributed by atoms with E-state index in [0.717, 1.165) is 22.0 Å². The number of methoxy groups -OCH3 is 1. The molecule has 0 bridgehead atoms. The number of nitrogens with zero attached hydrogens (tertiary/aromatic N) is 2. The van der Waals surface area contributed by atoms with Gasteiger partial charge in [0.2, 0.25) is 0 Å². The van der Waals surface area contributed by atoms with Crippen molar-refractivity contribution in [2.45, 2.75) is 6.92 Å². The molecule has 0 atom stereocenters. The second-order valence-corrected chi connectivity index (χ2v) is 8.07. The largest absolute Gasteiger partial charge is 0.493 e. The molecule has 2 N–H and O–H groups in total. The van der Waals surface area contributed by atoms with Gasteiger partial charge in [0.1, 0.15) is 0 Å². The van der Waals surface area contributed by atoms with E-state index in [9.17, 15) is 14.4 Å². The number of fused-ring (bicyclic) bond motifs is 1. The lowest BCUT2D eigenvalue weighted by atomic mass is 10.1. The minimum Gasteiger partial charge on any atom is -0.493 e. The highest BCUT2D eigenvalue weighted by Crippen LogP contribution is 2.34. The van der Waals surface area contributed by atoms with Gasteiger partial charge in [0.15, 0.2) is 11.5 Å². The van der Waals surface area contributed by atoms with E-state index in [1.54, 1.807) is 42.6 Å². The summed E-state index contributed by atoms with van der Waals surface area (Å²) in [5.41, 5.74) is 1.79. The van der Waals surface area contributed by atoms with Crippen LogP contribution in [-0.4, -0.2) is 59.0 Å². The molecule has 1 aliphatic rings. The van der Waals surface area contributed by atoms with Gasteiger partial charge in [0.05, 0.1) is 35.9 Å². The summed E-state index contributed by atoms with van der Waals surface area (Å²) in [6.07, 6.45) is 3.28. The molecule has 3 aromatic rings. The summed E-state index contributed by atoms with van der Waals surface area (Å²) in [6, 6.07) is 10.6. The molecule has 1 saturated heterocycles. The monoisotopic (exact) mass is 466 g/mol. The highest BCUT2D eigenvalue weighted by molar-refractivity contribution is 8.18. The average molecular weight is 467 g/mol. The molecule has 1 aliphatic heterocycles. The van der Waals surface area contributed by atoms with Crippen LogP contribution in [0.1, 0.15) is 22.8 Å². The van der Waals surface area contributed by atoms with Crippen molar-refractivity contribution in [3.63, 3.8) is 0 Å². The smallest absolute Gasteiger partial charge is 0.293 e. The molecule has 3 amide bonds. The fourth-order valence-electron chi connectivity index (χ4n) is 3.43. The van der Waals surface area contributed by atoms with Gasteiger partial charge in [-0.2, -0.15) is 5.10 Å². The van der Waals surface area contributed by atoms with Crippen LogP contribution in [0.3, 0.4) is 0 Å². The maximum Gasteiger partial charge on any atom is 0.293 e. The Morgan fingerprint density at radius 1 is 1.24 bits per heavy atom. The van der Waals surface area contributed by atoms with Crippen molar-refractivity contribution in [3.8, 4) is 11.5 Å². The Morgan fingerprint density at radius 3 is 2.88 bits per heavy atom. The standard InChI is InChI=1S/C23H22N4O5S/c1-3-32-17-8-7-14(11-18(17)31-2)12-19-22(29)27(23(30)33-19)10-9-24-21(28)16-6-4-5-15-13-25-26-20(15)16/h4-8,11-13H,3,9-10H2,1-2H3,(H,24,28)(H,25,26)/b19-12-. The third-order valence-corrected chi connectivity index (χ3v) is 5.91. The maximum absolute atomic E-state index is 12.8. The zero-order valence-corrected chi connectivity index (χ0v) is 18.9. The summed E-state index contributed by atoms with van der Waals surface area (Å²) in [5.74, 6) is 0.434. The predicted molar refractivity (Wildman–Crippen MR) is 125 cm³/mol. The number of benzene rings is 2. The zero-order chi connectivity index (χ0) is 23.4.